The standard InChI is InChI=1S/C8H6O4.C5H12O4/c9-7(10)5-2-1-3-6(4-5)8(11)12;6-1-5(2-7,3-8)4-9/h1-4H,(H,9,10)(H,11,12);6-9H,1-4H2. The van der Waals surface area contributed by atoms with Crippen molar-refractivity contribution in [2.75, 3.05) is 26.4 Å². The van der Waals surface area contributed by atoms with Gasteiger partial charge in [-0.3, -0.25) is 0 Å². The third kappa shape index (κ3) is 5.88. The molecule has 8 nitrogen and oxygen atoms in total. The molecule has 6 N–H and O–H groups in total. The second-order valence-electron chi connectivity index (χ2n) is 4.32. The number of aliphatic hydroxyl groups is 4. The van der Waals surface area contributed by atoms with Crippen LogP contribution in [-0.2, 0) is 0 Å². The van der Waals surface area contributed by atoms with E-state index in [1.54, 1.807) is 0 Å². The zero-order valence-corrected chi connectivity index (χ0v) is 11.1. The van der Waals surface area contributed by atoms with Gasteiger partial charge in [0.05, 0.1) is 43.0 Å². The first-order chi connectivity index (χ1) is 9.85. The van der Waals surface area contributed by atoms with Gasteiger partial charge in [-0.1, -0.05) is 6.07 Å². The van der Waals surface area contributed by atoms with E-state index in [1.807, 2.05) is 0 Å². The van der Waals surface area contributed by atoms with Crippen molar-refractivity contribution in [2.24, 2.45) is 5.41 Å². The summed E-state index contributed by atoms with van der Waals surface area (Å²) in [6.45, 7) is -1.62. The molecule has 0 spiro atoms. The molecule has 0 atom stereocenters. The zero-order valence-electron chi connectivity index (χ0n) is 11.1. The minimum atomic E-state index is -1.13. The number of carbonyl (C=O) groups is 2. The molecule has 0 radical (unpaired) electrons. The van der Waals surface area contributed by atoms with Crippen molar-refractivity contribution < 1.29 is 40.2 Å². The summed E-state index contributed by atoms with van der Waals surface area (Å²) in [5.74, 6) is -2.25. The fourth-order valence-corrected chi connectivity index (χ4v) is 1.09. The lowest BCUT2D eigenvalue weighted by Gasteiger charge is -2.23. The van der Waals surface area contributed by atoms with E-state index in [0.29, 0.717) is 0 Å². The summed E-state index contributed by atoms with van der Waals surface area (Å²) in [7, 11) is 0. The first-order valence-corrected chi connectivity index (χ1v) is 5.86. The Kier molecular flexibility index (Phi) is 8.17. The molecule has 0 aliphatic carbocycles. The molecule has 0 heterocycles. The minimum absolute atomic E-state index is 0.0186. The van der Waals surface area contributed by atoms with Gasteiger partial charge in [0.15, 0.2) is 0 Å². The SMILES string of the molecule is O=C(O)c1cccc(C(=O)O)c1.OCC(CO)(CO)CO. The van der Waals surface area contributed by atoms with Gasteiger partial charge in [0.1, 0.15) is 0 Å². The Labute approximate surface area is 120 Å². The normalized spacial score (nSPS) is 10.5. The van der Waals surface area contributed by atoms with Crippen LogP contribution in [0.25, 0.3) is 0 Å². The minimum Gasteiger partial charge on any atom is -0.478 e. The molecule has 1 aromatic carbocycles. The number of hydrogen-bond donors (Lipinski definition) is 6. The average Bonchev–Trinajstić information content (AvgIpc) is 2.51. The highest BCUT2D eigenvalue weighted by molar-refractivity contribution is 5.93. The van der Waals surface area contributed by atoms with Gasteiger partial charge in [-0.25, -0.2) is 9.59 Å². The first kappa shape index (κ1) is 19.0. The lowest BCUT2D eigenvalue weighted by molar-refractivity contribution is -0.0328. The highest BCUT2D eigenvalue weighted by atomic mass is 16.4. The summed E-state index contributed by atoms with van der Waals surface area (Å²) in [4.78, 5) is 20.8. The molecule has 118 valence electrons. The summed E-state index contributed by atoms with van der Waals surface area (Å²) in [5, 5.41) is 51.0. The Bertz CT molecular complexity index is 420. The third-order valence-electron chi connectivity index (χ3n) is 2.70. The van der Waals surface area contributed by atoms with Crippen LogP contribution in [0.2, 0.25) is 0 Å². The van der Waals surface area contributed by atoms with E-state index in [1.165, 1.54) is 18.2 Å². The quantitative estimate of drug-likeness (QED) is 0.392. The van der Waals surface area contributed by atoms with Gasteiger partial charge in [0, 0.05) is 0 Å². The van der Waals surface area contributed by atoms with Crippen LogP contribution in [0.4, 0.5) is 0 Å². The van der Waals surface area contributed by atoms with E-state index in [4.69, 9.17) is 30.6 Å². The summed E-state index contributed by atoms with van der Waals surface area (Å²) in [6.07, 6.45) is 0. The van der Waals surface area contributed by atoms with E-state index in [2.05, 4.69) is 0 Å². The second-order valence-corrected chi connectivity index (χ2v) is 4.32. The molecule has 0 fully saturated rings. The highest BCUT2D eigenvalue weighted by Crippen LogP contribution is 2.11. The summed E-state index contributed by atoms with van der Waals surface area (Å²) in [5.41, 5.74) is -1.15. The number of carboxylic acids is 2. The monoisotopic (exact) mass is 302 g/mol. The predicted molar refractivity (Wildman–Crippen MR) is 71.1 cm³/mol. The van der Waals surface area contributed by atoms with E-state index >= 15 is 0 Å². The Morgan fingerprint density at radius 1 is 0.810 bits per heavy atom. The molecule has 8 heteroatoms. The summed E-state index contributed by atoms with van der Waals surface area (Å²) >= 11 is 0. The Morgan fingerprint density at radius 2 is 1.14 bits per heavy atom. The smallest absolute Gasteiger partial charge is 0.335 e. The van der Waals surface area contributed by atoms with Crippen LogP contribution in [0.15, 0.2) is 24.3 Å². The van der Waals surface area contributed by atoms with Gasteiger partial charge in [0.2, 0.25) is 0 Å². The maximum absolute atomic E-state index is 10.4. The molecule has 0 saturated heterocycles. The lowest BCUT2D eigenvalue weighted by Crippen LogP contribution is -2.37. The van der Waals surface area contributed by atoms with E-state index < -0.39 is 43.8 Å². The Morgan fingerprint density at radius 3 is 1.33 bits per heavy atom. The molecule has 1 aromatic rings. The number of benzene rings is 1. The van der Waals surface area contributed by atoms with Crippen LogP contribution in [0.1, 0.15) is 20.7 Å². The maximum Gasteiger partial charge on any atom is 0.335 e. The summed E-state index contributed by atoms with van der Waals surface area (Å²) < 4.78 is 0. The van der Waals surface area contributed by atoms with Crippen molar-refractivity contribution in [1.29, 1.82) is 0 Å². The Balaban J connectivity index is 0.000000400. The van der Waals surface area contributed by atoms with Crippen LogP contribution in [0, 0.1) is 5.41 Å². The van der Waals surface area contributed by atoms with Crippen molar-refractivity contribution in [3.8, 4) is 0 Å². The predicted octanol–water partition coefficient (Wildman–Crippen LogP) is -0.975. The van der Waals surface area contributed by atoms with Gasteiger partial charge in [-0.15, -0.1) is 0 Å². The number of carboxylic acid groups (broad SMARTS) is 2. The first-order valence-electron chi connectivity index (χ1n) is 5.86. The van der Waals surface area contributed by atoms with Gasteiger partial charge < -0.3 is 30.6 Å². The van der Waals surface area contributed by atoms with E-state index in [0.717, 1.165) is 6.07 Å². The van der Waals surface area contributed by atoms with Gasteiger partial charge in [0.25, 0.3) is 0 Å². The largest absolute Gasteiger partial charge is 0.478 e. The topological polar surface area (TPSA) is 156 Å². The maximum atomic E-state index is 10.4. The van der Waals surface area contributed by atoms with Crippen LogP contribution < -0.4 is 0 Å². The zero-order chi connectivity index (χ0) is 16.5. The van der Waals surface area contributed by atoms with Crippen molar-refractivity contribution >= 4 is 11.9 Å². The molecular formula is C13H18O8. The fourth-order valence-electron chi connectivity index (χ4n) is 1.09. The molecule has 0 amide bonds. The van der Waals surface area contributed by atoms with Crippen molar-refractivity contribution in [3.05, 3.63) is 35.4 Å². The molecule has 0 saturated carbocycles. The van der Waals surface area contributed by atoms with Crippen LogP contribution >= 0.6 is 0 Å². The molecule has 0 aliphatic rings. The molecule has 0 bridgehead atoms. The third-order valence-corrected chi connectivity index (χ3v) is 2.70. The van der Waals surface area contributed by atoms with Crippen molar-refractivity contribution in [3.63, 3.8) is 0 Å². The molecular weight excluding hydrogens is 284 g/mol. The molecule has 0 aromatic heterocycles. The van der Waals surface area contributed by atoms with E-state index in [-0.39, 0.29) is 11.1 Å². The number of aromatic carboxylic acids is 2. The van der Waals surface area contributed by atoms with Crippen LogP contribution in [-0.4, -0.2) is 69.0 Å². The molecule has 0 aliphatic heterocycles. The Hall–Kier alpha value is -2.00. The van der Waals surface area contributed by atoms with Gasteiger partial charge in [-0.05, 0) is 18.2 Å². The highest BCUT2D eigenvalue weighted by Gasteiger charge is 2.26. The van der Waals surface area contributed by atoms with Gasteiger partial charge in [-0.2, -0.15) is 0 Å². The van der Waals surface area contributed by atoms with Crippen LogP contribution in [0.3, 0.4) is 0 Å². The van der Waals surface area contributed by atoms with Crippen molar-refractivity contribution in [2.45, 2.75) is 0 Å². The number of aliphatic hydroxyl groups excluding tert-OH is 4. The molecule has 0 unspecified atom stereocenters. The lowest BCUT2D eigenvalue weighted by atomic mass is 9.93. The van der Waals surface area contributed by atoms with Gasteiger partial charge >= 0.3 is 11.9 Å². The number of rotatable bonds is 6. The fraction of sp³-hybridized carbons (Fsp3) is 0.385. The summed E-state index contributed by atoms with van der Waals surface area (Å²) in [6, 6.07) is 5.20. The van der Waals surface area contributed by atoms with E-state index in [9.17, 15) is 9.59 Å². The second kappa shape index (κ2) is 9.03. The van der Waals surface area contributed by atoms with Crippen molar-refractivity contribution in [1.82, 2.24) is 0 Å². The molecule has 1 rings (SSSR count). The average molecular weight is 302 g/mol. The van der Waals surface area contributed by atoms with Crippen LogP contribution in [0.5, 0.6) is 0 Å². The molecule has 21 heavy (non-hydrogen) atoms. The number of hydrogen-bond acceptors (Lipinski definition) is 6.